The number of nitrogens with one attached hydrogen (secondary N) is 1. The predicted octanol–water partition coefficient (Wildman–Crippen LogP) is 0.566. The van der Waals surface area contributed by atoms with Crippen LogP contribution in [0, 0.1) is 0 Å². The Labute approximate surface area is 83.0 Å². The minimum absolute atomic E-state index is 0.0515. The molecule has 3 N–H and O–H groups in total. The molecule has 0 amide bonds. The van der Waals surface area contributed by atoms with Gasteiger partial charge in [0.2, 0.25) is 5.88 Å². The van der Waals surface area contributed by atoms with Crippen LogP contribution in [-0.2, 0) is 0 Å². The van der Waals surface area contributed by atoms with Crippen LogP contribution in [0.1, 0.15) is 18.2 Å². The highest BCUT2D eigenvalue weighted by Crippen LogP contribution is 2.16. The molecular weight excluding hydrogens is 180 g/mol. The molecule has 0 aromatic carbocycles. The van der Waals surface area contributed by atoms with Gasteiger partial charge in [-0.1, -0.05) is 6.08 Å². The maximum Gasteiger partial charge on any atom is 0.216 e. The average Bonchev–Trinajstić information content (AvgIpc) is 2.26. The van der Waals surface area contributed by atoms with Gasteiger partial charge in [0.15, 0.2) is 0 Å². The fraction of sp³-hybridized carbons (Fsp3) is 0.333. The van der Waals surface area contributed by atoms with E-state index in [2.05, 4.69) is 22.0 Å². The molecule has 0 saturated heterocycles. The maximum atomic E-state index is 5.38. The van der Waals surface area contributed by atoms with Crippen molar-refractivity contribution < 1.29 is 4.74 Å². The van der Waals surface area contributed by atoms with E-state index in [9.17, 15) is 0 Å². The fourth-order valence-corrected chi connectivity index (χ4v) is 1.10. The quantitative estimate of drug-likeness (QED) is 0.407. The molecule has 1 atom stereocenters. The second kappa shape index (κ2) is 5.31. The zero-order valence-electron chi connectivity index (χ0n) is 8.10. The van der Waals surface area contributed by atoms with E-state index in [4.69, 9.17) is 10.6 Å². The van der Waals surface area contributed by atoms with Crippen molar-refractivity contribution >= 4 is 0 Å². The van der Waals surface area contributed by atoms with Crippen molar-refractivity contribution in [2.75, 3.05) is 7.11 Å². The molecule has 1 unspecified atom stereocenters. The zero-order chi connectivity index (χ0) is 10.4. The van der Waals surface area contributed by atoms with Gasteiger partial charge in [-0.15, -0.1) is 6.58 Å². The van der Waals surface area contributed by atoms with Crippen molar-refractivity contribution in [1.82, 2.24) is 15.4 Å². The molecule has 1 aromatic rings. The molecule has 1 heterocycles. The number of aromatic nitrogens is 2. The number of methoxy groups -OCH3 is 1. The first-order valence-electron chi connectivity index (χ1n) is 4.24. The molecule has 0 aliphatic rings. The Balaban J connectivity index is 2.85. The van der Waals surface area contributed by atoms with Gasteiger partial charge < -0.3 is 4.74 Å². The van der Waals surface area contributed by atoms with Gasteiger partial charge in [-0.2, -0.15) is 0 Å². The number of nitrogens with zero attached hydrogens (tertiary/aromatic N) is 2. The minimum Gasteiger partial charge on any atom is -0.481 e. The molecule has 0 aliphatic heterocycles. The normalized spacial score (nSPS) is 12.1. The Bertz CT molecular complexity index is 303. The lowest BCUT2D eigenvalue weighted by Gasteiger charge is -2.12. The van der Waals surface area contributed by atoms with Gasteiger partial charge in [0.1, 0.15) is 6.33 Å². The Hall–Kier alpha value is -1.46. The molecule has 0 aliphatic carbocycles. The molecule has 1 aromatic heterocycles. The van der Waals surface area contributed by atoms with Crippen molar-refractivity contribution in [3.8, 4) is 5.88 Å². The van der Waals surface area contributed by atoms with E-state index in [0.717, 1.165) is 5.69 Å². The van der Waals surface area contributed by atoms with Gasteiger partial charge in [-0.3, -0.25) is 11.3 Å². The van der Waals surface area contributed by atoms with Gasteiger partial charge in [-0.25, -0.2) is 9.97 Å². The van der Waals surface area contributed by atoms with Crippen LogP contribution < -0.4 is 16.0 Å². The summed E-state index contributed by atoms with van der Waals surface area (Å²) in [5.41, 5.74) is 3.44. The first-order chi connectivity index (χ1) is 6.81. The van der Waals surface area contributed by atoms with E-state index < -0.39 is 0 Å². The lowest BCUT2D eigenvalue weighted by molar-refractivity contribution is 0.394. The maximum absolute atomic E-state index is 5.38. The van der Waals surface area contributed by atoms with Gasteiger partial charge >= 0.3 is 0 Å². The van der Waals surface area contributed by atoms with Crippen molar-refractivity contribution in [3.63, 3.8) is 0 Å². The number of ether oxygens (including phenoxy) is 1. The zero-order valence-corrected chi connectivity index (χ0v) is 8.10. The van der Waals surface area contributed by atoms with Gasteiger partial charge in [0.25, 0.3) is 0 Å². The highest BCUT2D eigenvalue weighted by atomic mass is 16.5. The lowest BCUT2D eigenvalue weighted by atomic mass is 10.1. The summed E-state index contributed by atoms with van der Waals surface area (Å²) >= 11 is 0. The molecule has 0 bridgehead atoms. The van der Waals surface area contributed by atoms with E-state index >= 15 is 0 Å². The monoisotopic (exact) mass is 194 g/mol. The molecule has 5 heteroatoms. The summed E-state index contributed by atoms with van der Waals surface area (Å²) in [5.74, 6) is 5.91. The SMILES string of the molecule is C=CCC(NN)c1cc(OC)ncn1. The molecule has 0 spiro atoms. The Kier molecular flexibility index (Phi) is 4.03. The van der Waals surface area contributed by atoms with E-state index in [1.165, 1.54) is 6.33 Å². The summed E-state index contributed by atoms with van der Waals surface area (Å²) < 4.78 is 4.98. The summed E-state index contributed by atoms with van der Waals surface area (Å²) in [6.45, 7) is 3.65. The average molecular weight is 194 g/mol. The Morgan fingerprint density at radius 2 is 2.50 bits per heavy atom. The summed E-state index contributed by atoms with van der Waals surface area (Å²) in [4.78, 5) is 8.00. The van der Waals surface area contributed by atoms with E-state index in [1.54, 1.807) is 19.3 Å². The van der Waals surface area contributed by atoms with Crippen LogP contribution in [0.4, 0.5) is 0 Å². The fourth-order valence-electron chi connectivity index (χ4n) is 1.10. The summed E-state index contributed by atoms with van der Waals surface area (Å²) in [7, 11) is 1.56. The molecular formula is C9H14N4O. The number of hydrazine groups is 1. The lowest BCUT2D eigenvalue weighted by Crippen LogP contribution is -2.28. The van der Waals surface area contributed by atoms with Gasteiger partial charge in [-0.05, 0) is 6.42 Å². The van der Waals surface area contributed by atoms with E-state index in [1.807, 2.05) is 0 Å². The third-order valence-electron chi connectivity index (χ3n) is 1.83. The number of nitrogens with two attached hydrogens (primary N) is 1. The van der Waals surface area contributed by atoms with Gasteiger partial charge in [0.05, 0.1) is 18.8 Å². The van der Waals surface area contributed by atoms with Crippen LogP contribution in [0.25, 0.3) is 0 Å². The number of hydrogen-bond acceptors (Lipinski definition) is 5. The third kappa shape index (κ3) is 2.51. The minimum atomic E-state index is -0.0515. The molecule has 14 heavy (non-hydrogen) atoms. The van der Waals surface area contributed by atoms with Crippen LogP contribution in [-0.4, -0.2) is 17.1 Å². The molecule has 0 radical (unpaired) electrons. The first kappa shape index (κ1) is 10.6. The van der Waals surface area contributed by atoms with Crippen molar-refractivity contribution in [2.45, 2.75) is 12.5 Å². The highest BCUT2D eigenvalue weighted by Gasteiger charge is 2.10. The van der Waals surface area contributed by atoms with E-state index in [-0.39, 0.29) is 6.04 Å². The number of rotatable bonds is 5. The van der Waals surface area contributed by atoms with Gasteiger partial charge in [0, 0.05) is 6.07 Å². The first-order valence-corrected chi connectivity index (χ1v) is 4.24. The third-order valence-corrected chi connectivity index (χ3v) is 1.83. The summed E-state index contributed by atoms with van der Waals surface area (Å²) in [6.07, 6.45) is 3.93. The van der Waals surface area contributed by atoms with Crippen molar-refractivity contribution in [3.05, 3.63) is 30.7 Å². The van der Waals surface area contributed by atoms with Crippen LogP contribution in [0.5, 0.6) is 5.88 Å². The van der Waals surface area contributed by atoms with Crippen LogP contribution in [0.15, 0.2) is 25.0 Å². The highest BCUT2D eigenvalue weighted by molar-refractivity contribution is 5.16. The standard InChI is InChI=1S/C9H14N4O/c1-3-4-7(13-10)8-5-9(14-2)12-6-11-8/h3,5-7,13H,1,4,10H2,2H3. The molecule has 5 nitrogen and oxygen atoms in total. The number of hydrogen-bond donors (Lipinski definition) is 2. The molecule has 1 rings (SSSR count). The molecule has 0 fully saturated rings. The second-order valence-electron chi connectivity index (χ2n) is 2.73. The van der Waals surface area contributed by atoms with Crippen LogP contribution >= 0.6 is 0 Å². The molecule has 76 valence electrons. The van der Waals surface area contributed by atoms with Crippen LogP contribution in [0.2, 0.25) is 0 Å². The van der Waals surface area contributed by atoms with Crippen molar-refractivity contribution in [2.24, 2.45) is 5.84 Å². The topological polar surface area (TPSA) is 73.1 Å². The van der Waals surface area contributed by atoms with E-state index in [0.29, 0.717) is 12.3 Å². The molecule has 0 saturated carbocycles. The summed E-state index contributed by atoms with van der Waals surface area (Å²) in [5, 5.41) is 0. The van der Waals surface area contributed by atoms with Crippen molar-refractivity contribution in [1.29, 1.82) is 0 Å². The smallest absolute Gasteiger partial charge is 0.216 e. The predicted molar refractivity (Wildman–Crippen MR) is 53.5 cm³/mol. The Morgan fingerprint density at radius 3 is 3.07 bits per heavy atom. The Morgan fingerprint density at radius 1 is 1.71 bits per heavy atom. The summed E-state index contributed by atoms with van der Waals surface area (Å²) in [6, 6.07) is 1.69. The van der Waals surface area contributed by atoms with Crippen LogP contribution in [0.3, 0.4) is 0 Å². The largest absolute Gasteiger partial charge is 0.481 e. The second-order valence-corrected chi connectivity index (χ2v) is 2.73.